The number of hydrogen-bond donors (Lipinski definition) is 1. The fourth-order valence-electron chi connectivity index (χ4n) is 3.84. The average molecular weight is 427 g/mol. The van der Waals surface area contributed by atoms with Gasteiger partial charge in [-0.05, 0) is 43.2 Å². The Balaban J connectivity index is 1.50. The van der Waals surface area contributed by atoms with E-state index >= 15 is 0 Å². The van der Waals surface area contributed by atoms with Crippen molar-refractivity contribution in [2.75, 3.05) is 18.4 Å². The minimum absolute atomic E-state index is 0.0818. The highest BCUT2D eigenvalue weighted by Gasteiger charge is 2.26. The second-order valence-corrected chi connectivity index (χ2v) is 9.55. The van der Waals surface area contributed by atoms with Crippen LogP contribution >= 0.6 is 0 Å². The highest BCUT2D eigenvalue weighted by Crippen LogP contribution is 2.25. The van der Waals surface area contributed by atoms with E-state index in [9.17, 15) is 13.2 Å². The monoisotopic (exact) mass is 426 g/mol. The van der Waals surface area contributed by atoms with Gasteiger partial charge in [0.15, 0.2) is 0 Å². The summed E-state index contributed by atoms with van der Waals surface area (Å²) in [6.07, 6.45) is 3.65. The molecule has 0 saturated carbocycles. The summed E-state index contributed by atoms with van der Waals surface area (Å²) < 4.78 is 29.4. The van der Waals surface area contributed by atoms with E-state index in [4.69, 9.17) is 0 Å². The highest BCUT2D eigenvalue weighted by atomic mass is 32.2. The van der Waals surface area contributed by atoms with E-state index in [1.165, 1.54) is 0 Å². The zero-order valence-corrected chi connectivity index (χ0v) is 17.9. The topological polar surface area (TPSA) is 84.3 Å². The molecule has 4 rings (SSSR count). The van der Waals surface area contributed by atoms with Crippen LogP contribution in [0.3, 0.4) is 0 Å². The number of imidazole rings is 1. The summed E-state index contributed by atoms with van der Waals surface area (Å²) in [6.45, 7) is 1.15. The molecule has 3 aromatic rings. The number of sulfonamides is 1. The molecule has 1 fully saturated rings. The van der Waals surface area contributed by atoms with Gasteiger partial charge in [0, 0.05) is 38.7 Å². The molecule has 0 aliphatic carbocycles. The largest absolute Gasteiger partial charge is 0.331 e. The molecule has 30 heavy (non-hydrogen) atoms. The van der Waals surface area contributed by atoms with Crippen LogP contribution < -0.4 is 5.32 Å². The summed E-state index contributed by atoms with van der Waals surface area (Å²) in [4.78, 5) is 17.1. The number of rotatable bonds is 6. The molecule has 158 valence electrons. The molecule has 1 aliphatic heterocycles. The minimum Gasteiger partial charge on any atom is -0.331 e. The van der Waals surface area contributed by atoms with Gasteiger partial charge in [-0.25, -0.2) is 13.4 Å². The molecule has 0 radical (unpaired) electrons. The number of aryl methyl sites for hydroxylation is 2. The van der Waals surface area contributed by atoms with Crippen LogP contribution in [0.25, 0.3) is 11.0 Å². The molecule has 2 heterocycles. The lowest BCUT2D eigenvalue weighted by Gasteiger charge is -2.25. The van der Waals surface area contributed by atoms with Crippen molar-refractivity contribution in [2.45, 2.75) is 37.0 Å². The molecule has 0 unspecified atom stereocenters. The number of benzene rings is 2. The molecular weight excluding hydrogens is 400 g/mol. The Bertz CT molecular complexity index is 1150. The molecule has 1 aromatic heterocycles. The van der Waals surface area contributed by atoms with E-state index in [1.807, 2.05) is 41.9 Å². The van der Waals surface area contributed by atoms with Gasteiger partial charge in [0.05, 0.1) is 15.9 Å². The van der Waals surface area contributed by atoms with Crippen LogP contribution in [-0.4, -0.2) is 41.3 Å². The van der Waals surface area contributed by atoms with Crippen molar-refractivity contribution >= 4 is 32.7 Å². The highest BCUT2D eigenvalue weighted by molar-refractivity contribution is 7.89. The predicted octanol–water partition coefficient (Wildman–Crippen LogP) is 3.32. The van der Waals surface area contributed by atoms with Gasteiger partial charge in [-0.3, -0.25) is 4.79 Å². The molecule has 1 saturated heterocycles. The van der Waals surface area contributed by atoms with E-state index in [1.54, 1.807) is 22.5 Å². The van der Waals surface area contributed by atoms with Crippen LogP contribution in [0.5, 0.6) is 0 Å². The predicted molar refractivity (Wildman–Crippen MR) is 117 cm³/mol. The summed E-state index contributed by atoms with van der Waals surface area (Å²) >= 11 is 0. The van der Waals surface area contributed by atoms with Crippen LogP contribution in [0, 0.1) is 0 Å². The second-order valence-electron chi connectivity index (χ2n) is 7.62. The number of hydrogen-bond acceptors (Lipinski definition) is 4. The first-order chi connectivity index (χ1) is 14.4. The normalized spacial score (nSPS) is 15.4. The zero-order valence-electron chi connectivity index (χ0n) is 17.0. The van der Waals surface area contributed by atoms with Crippen LogP contribution in [-0.2, 0) is 28.3 Å². The summed E-state index contributed by atoms with van der Waals surface area (Å²) in [6, 6.07) is 14.4. The molecule has 2 aromatic carbocycles. The molecule has 1 amide bonds. The Kier molecular flexibility index (Phi) is 5.87. The average Bonchev–Trinajstić information content (AvgIpc) is 3.08. The molecule has 0 spiro atoms. The number of fused-ring (bicyclic) bond motifs is 1. The molecular formula is C22H26N4O3S. The number of para-hydroxylation sites is 1. The quantitative estimate of drug-likeness (QED) is 0.655. The number of nitrogens with one attached hydrogen (secondary N) is 1. The Hall–Kier alpha value is -2.71. The van der Waals surface area contributed by atoms with Crippen LogP contribution in [0.4, 0.5) is 5.69 Å². The zero-order chi connectivity index (χ0) is 21.1. The van der Waals surface area contributed by atoms with E-state index in [-0.39, 0.29) is 10.8 Å². The fourth-order valence-corrected chi connectivity index (χ4v) is 5.38. The lowest BCUT2D eigenvalue weighted by Crippen LogP contribution is -2.35. The summed E-state index contributed by atoms with van der Waals surface area (Å²) in [5.74, 6) is 0.669. The number of anilines is 1. The lowest BCUT2D eigenvalue weighted by atomic mass is 10.2. The smallest absolute Gasteiger partial charge is 0.243 e. The van der Waals surface area contributed by atoms with Crippen molar-refractivity contribution in [3.05, 3.63) is 54.4 Å². The Labute approximate surface area is 176 Å². The van der Waals surface area contributed by atoms with Crippen LogP contribution in [0.2, 0.25) is 0 Å². The summed E-state index contributed by atoms with van der Waals surface area (Å²) in [5.41, 5.74) is 2.25. The van der Waals surface area contributed by atoms with Crippen molar-refractivity contribution in [3.63, 3.8) is 0 Å². The van der Waals surface area contributed by atoms with E-state index in [0.29, 0.717) is 31.4 Å². The standard InChI is InChI=1S/C22H26N4O3S/c1-25-20-11-10-18(30(28,29)26-14-6-3-7-15-26)16-19(20)24-21(25)12-13-22(27)23-17-8-4-2-5-9-17/h2,4-5,8-11,16H,3,6-7,12-15H2,1H3,(H,23,27). The van der Waals surface area contributed by atoms with Gasteiger partial charge in [-0.15, -0.1) is 0 Å². The third-order valence-corrected chi connectivity index (χ3v) is 7.43. The molecule has 0 atom stereocenters. The Morgan fingerprint density at radius 3 is 2.53 bits per heavy atom. The van der Waals surface area contributed by atoms with Crippen molar-refractivity contribution in [1.29, 1.82) is 0 Å². The second kappa shape index (κ2) is 8.57. The maximum Gasteiger partial charge on any atom is 0.243 e. The van der Waals surface area contributed by atoms with E-state index in [0.717, 1.165) is 36.3 Å². The maximum atomic E-state index is 12.9. The number of nitrogens with zero attached hydrogens (tertiary/aromatic N) is 3. The molecule has 8 heteroatoms. The third-order valence-electron chi connectivity index (χ3n) is 5.53. The first-order valence-electron chi connectivity index (χ1n) is 10.3. The van der Waals surface area contributed by atoms with E-state index < -0.39 is 10.0 Å². The Morgan fingerprint density at radius 1 is 1.07 bits per heavy atom. The molecule has 1 aliphatic rings. The van der Waals surface area contributed by atoms with Crippen molar-refractivity contribution in [1.82, 2.24) is 13.9 Å². The van der Waals surface area contributed by atoms with Gasteiger partial charge in [0.1, 0.15) is 5.82 Å². The van der Waals surface area contributed by atoms with Crippen molar-refractivity contribution in [3.8, 4) is 0 Å². The van der Waals surface area contributed by atoms with Gasteiger partial charge in [-0.1, -0.05) is 24.6 Å². The van der Waals surface area contributed by atoms with Gasteiger partial charge >= 0.3 is 0 Å². The van der Waals surface area contributed by atoms with Crippen molar-refractivity contribution < 1.29 is 13.2 Å². The number of carbonyl (C=O) groups is 1. The first kappa shape index (κ1) is 20.6. The summed E-state index contributed by atoms with van der Waals surface area (Å²) in [7, 11) is -1.61. The number of amides is 1. The van der Waals surface area contributed by atoms with Gasteiger partial charge in [0.2, 0.25) is 15.9 Å². The molecule has 7 nitrogen and oxygen atoms in total. The third kappa shape index (κ3) is 4.24. The van der Waals surface area contributed by atoms with Gasteiger partial charge < -0.3 is 9.88 Å². The SMILES string of the molecule is Cn1c(CCC(=O)Nc2ccccc2)nc2cc(S(=O)(=O)N3CCCCC3)ccc21. The Morgan fingerprint density at radius 2 is 1.80 bits per heavy atom. The number of aromatic nitrogens is 2. The molecule has 0 bridgehead atoms. The molecule has 1 N–H and O–H groups in total. The number of piperidine rings is 1. The lowest BCUT2D eigenvalue weighted by molar-refractivity contribution is -0.116. The first-order valence-corrected chi connectivity index (χ1v) is 11.7. The van der Waals surface area contributed by atoms with Crippen LogP contribution in [0.15, 0.2) is 53.4 Å². The van der Waals surface area contributed by atoms with Gasteiger partial charge in [-0.2, -0.15) is 4.31 Å². The maximum absolute atomic E-state index is 12.9. The summed E-state index contributed by atoms with van der Waals surface area (Å²) in [5, 5.41) is 2.87. The minimum atomic E-state index is -3.50. The van der Waals surface area contributed by atoms with Crippen LogP contribution in [0.1, 0.15) is 31.5 Å². The number of carbonyl (C=O) groups excluding carboxylic acids is 1. The van der Waals surface area contributed by atoms with Gasteiger partial charge in [0.25, 0.3) is 0 Å². The fraction of sp³-hybridized carbons (Fsp3) is 0.364. The van der Waals surface area contributed by atoms with Crippen molar-refractivity contribution in [2.24, 2.45) is 7.05 Å². The van der Waals surface area contributed by atoms with E-state index in [2.05, 4.69) is 10.3 Å².